The van der Waals surface area contributed by atoms with Crippen LogP contribution in [0.3, 0.4) is 0 Å². The number of anilines is 1. The van der Waals surface area contributed by atoms with E-state index in [4.69, 9.17) is 11.6 Å². The van der Waals surface area contributed by atoms with Crippen LogP contribution in [0.1, 0.15) is 22.8 Å². The van der Waals surface area contributed by atoms with Gasteiger partial charge >= 0.3 is 0 Å². The third-order valence-electron chi connectivity index (χ3n) is 2.94. The Morgan fingerprint density at radius 2 is 1.91 bits per heavy atom. The molecule has 0 bridgehead atoms. The number of benzene rings is 2. The number of rotatable bonds is 6. The summed E-state index contributed by atoms with van der Waals surface area (Å²) in [4.78, 5) is 23.2. The summed E-state index contributed by atoms with van der Waals surface area (Å²) in [7, 11) is 0. The molecule has 2 aromatic carbocycles. The van der Waals surface area contributed by atoms with Crippen molar-refractivity contribution >= 4 is 40.7 Å². The maximum absolute atomic E-state index is 11.9. The number of halogens is 1. The lowest BCUT2D eigenvalue weighted by Gasteiger charge is -2.06. The van der Waals surface area contributed by atoms with Gasteiger partial charge in [-0.05, 0) is 36.8 Å². The first-order valence-electron chi connectivity index (χ1n) is 6.77. The Balaban J connectivity index is 1.83. The lowest BCUT2D eigenvalue weighted by atomic mass is 10.1. The quantitative estimate of drug-likeness (QED) is 0.796. The topological polar surface area (TPSA) is 46.2 Å². The molecule has 1 N–H and O–H groups in total. The van der Waals surface area contributed by atoms with Crippen LogP contribution in [0.2, 0.25) is 5.02 Å². The van der Waals surface area contributed by atoms with E-state index in [0.29, 0.717) is 22.0 Å². The van der Waals surface area contributed by atoms with Gasteiger partial charge in [0.1, 0.15) is 0 Å². The van der Waals surface area contributed by atoms with Gasteiger partial charge < -0.3 is 5.32 Å². The molecule has 5 heteroatoms. The van der Waals surface area contributed by atoms with Crippen molar-refractivity contribution in [3.8, 4) is 0 Å². The average molecular weight is 334 g/mol. The summed E-state index contributed by atoms with van der Waals surface area (Å²) in [6.07, 6.45) is 0. The fourth-order valence-electron chi connectivity index (χ4n) is 1.90. The largest absolute Gasteiger partial charge is 0.325 e. The Morgan fingerprint density at radius 1 is 1.14 bits per heavy atom. The van der Waals surface area contributed by atoms with Crippen molar-refractivity contribution in [1.82, 2.24) is 0 Å². The van der Waals surface area contributed by atoms with Gasteiger partial charge in [0.25, 0.3) is 0 Å². The normalized spacial score (nSPS) is 10.3. The number of nitrogens with one attached hydrogen (secondary N) is 1. The Morgan fingerprint density at radius 3 is 2.64 bits per heavy atom. The van der Waals surface area contributed by atoms with Crippen molar-refractivity contribution < 1.29 is 9.59 Å². The monoisotopic (exact) mass is 333 g/mol. The van der Waals surface area contributed by atoms with Gasteiger partial charge in [0.2, 0.25) is 5.91 Å². The van der Waals surface area contributed by atoms with Gasteiger partial charge in [-0.15, -0.1) is 11.8 Å². The molecule has 0 aliphatic carbocycles. The van der Waals surface area contributed by atoms with E-state index in [9.17, 15) is 9.59 Å². The van der Waals surface area contributed by atoms with Crippen molar-refractivity contribution in [1.29, 1.82) is 0 Å². The first-order chi connectivity index (χ1) is 10.5. The summed E-state index contributed by atoms with van der Waals surface area (Å²) in [6, 6.07) is 14.5. The molecule has 114 valence electrons. The van der Waals surface area contributed by atoms with Crippen molar-refractivity contribution in [2.24, 2.45) is 0 Å². The molecule has 0 saturated carbocycles. The number of carbonyl (C=O) groups excluding carboxylic acids is 2. The van der Waals surface area contributed by atoms with Crippen molar-refractivity contribution in [3.63, 3.8) is 0 Å². The molecule has 0 atom stereocenters. The van der Waals surface area contributed by atoms with E-state index in [1.54, 1.807) is 24.3 Å². The van der Waals surface area contributed by atoms with Crippen LogP contribution < -0.4 is 5.32 Å². The van der Waals surface area contributed by atoms with E-state index in [1.807, 2.05) is 24.3 Å². The minimum atomic E-state index is -0.0901. The summed E-state index contributed by atoms with van der Waals surface area (Å²) in [6.45, 7) is 1.50. The minimum absolute atomic E-state index is 0.0218. The van der Waals surface area contributed by atoms with Crippen LogP contribution in [0.25, 0.3) is 0 Å². The molecule has 1 amide bonds. The SMILES string of the molecule is CC(=O)c1cccc(NC(=O)CSCc2cccc(Cl)c2)c1. The highest BCUT2D eigenvalue weighted by atomic mass is 35.5. The van der Waals surface area contributed by atoms with Crippen LogP contribution in [-0.4, -0.2) is 17.4 Å². The first-order valence-corrected chi connectivity index (χ1v) is 8.31. The molecule has 3 nitrogen and oxygen atoms in total. The van der Waals surface area contributed by atoms with Gasteiger partial charge in [0, 0.05) is 22.0 Å². The fraction of sp³-hybridized carbons (Fsp3) is 0.176. The van der Waals surface area contributed by atoms with Crippen LogP contribution >= 0.6 is 23.4 Å². The van der Waals surface area contributed by atoms with Gasteiger partial charge in [-0.25, -0.2) is 0 Å². The third-order valence-corrected chi connectivity index (χ3v) is 4.18. The molecule has 0 spiro atoms. The smallest absolute Gasteiger partial charge is 0.234 e. The van der Waals surface area contributed by atoms with Gasteiger partial charge in [-0.2, -0.15) is 0 Å². The number of thioether (sulfide) groups is 1. The Labute approximate surface area is 139 Å². The summed E-state index contributed by atoms with van der Waals surface area (Å²) in [5, 5.41) is 3.49. The molecule has 0 saturated heterocycles. The molecule has 0 fully saturated rings. The zero-order valence-electron chi connectivity index (χ0n) is 12.1. The Kier molecular flexibility index (Phi) is 6.04. The van der Waals surface area contributed by atoms with Gasteiger partial charge in [0.05, 0.1) is 5.75 Å². The van der Waals surface area contributed by atoms with Crippen LogP contribution in [0.4, 0.5) is 5.69 Å². The molecule has 0 unspecified atom stereocenters. The number of hydrogen-bond acceptors (Lipinski definition) is 3. The highest BCUT2D eigenvalue weighted by molar-refractivity contribution is 7.99. The number of hydrogen-bond donors (Lipinski definition) is 1. The van der Waals surface area contributed by atoms with Crippen molar-refractivity contribution in [2.75, 3.05) is 11.1 Å². The lowest BCUT2D eigenvalue weighted by Crippen LogP contribution is -2.14. The molecule has 0 aliphatic heterocycles. The second-order valence-electron chi connectivity index (χ2n) is 4.81. The maximum atomic E-state index is 11.9. The summed E-state index contributed by atoms with van der Waals surface area (Å²) in [5.41, 5.74) is 2.31. The van der Waals surface area contributed by atoms with E-state index >= 15 is 0 Å². The second-order valence-corrected chi connectivity index (χ2v) is 6.23. The number of amides is 1. The molecule has 2 rings (SSSR count). The average Bonchev–Trinajstić information content (AvgIpc) is 2.47. The summed E-state index contributed by atoms with van der Waals surface area (Å²) < 4.78 is 0. The van der Waals surface area contributed by atoms with E-state index < -0.39 is 0 Å². The predicted octanol–water partition coefficient (Wildman–Crippen LogP) is 4.41. The zero-order valence-corrected chi connectivity index (χ0v) is 13.7. The molecule has 0 heterocycles. The molecular weight excluding hydrogens is 318 g/mol. The Hall–Kier alpha value is -1.78. The van der Waals surface area contributed by atoms with Gasteiger partial charge in [-0.1, -0.05) is 35.9 Å². The summed E-state index contributed by atoms with van der Waals surface area (Å²) in [5.74, 6) is 0.956. The predicted molar refractivity (Wildman–Crippen MR) is 92.7 cm³/mol. The Bertz CT molecular complexity index is 688. The van der Waals surface area contributed by atoms with E-state index in [-0.39, 0.29) is 11.7 Å². The number of ketones is 1. The van der Waals surface area contributed by atoms with Crippen LogP contribution in [0.15, 0.2) is 48.5 Å². The van der Waals surface area contributed by atoms with Gasteiger partial charge in [0.15, 0.2) is 5.78 Å². The van der Waals surface area contributed by atoms with Crippen molar-refractivity contribution in [3.05, 3.63) is 64.7 Å². The van der Waals surface area contributed by atoms with Crippen LogP contribution in [0.5, 0.6) is 0 Å². The highest BCUT2D eigenvalue weighted by Crippen LogP contribution is 2.17. The minimum Gasteiger partial charge on any atom is -0.325 e. The van der Waals surface area contributed by atoms with E-state index in [2.05, 4.69) is 5.32 Å². The second kappa shape index (κ2) is 8.01. The van der Waals surface area contributed by atoms with Crippen LogP contribution in [0, 0.1) is 0 Å². The molecule has 2 aromatic rings. The summed E-state index contributed by atoms with van der Waals surface area (Å²) >= 11 is 7.43. The van der Waals surface area contributed by atoms with Gasteiger partial charge in [-0.3, -0.25) is 9.59 Å². The third kappa shape index (κ3) is 5.20. The molecule has 0 radical (unpaired) electrons. The first kappa shape index (κ1) is 16.6. The zero-order chi connectivity index (χ0) is 15.9. The molecule has 0 aromatic heterocycles. The van der Waals surface area contributed by atoms with Crippen LogP contribution in [-0.2, 0) is 10.5 Å². The fourth-order valence-corrected chi connectivity index (χ4v) is 2.89. The molecule has 22 heavy (non-hydrogen) atoms. The molecule has 0 aliphatic rings. The van der Waals surface area contributed by atoms with Crippen molar-refractivity contribution in [2.45, 2.75) is 12.7 Å². The van der Waals surface area contributed by atoms with E-state index in [0.717, 1.165) is 11.3 Å². The molecular formula is C17H16ClNO2S. The standard InChI is InChI=1S/C17H16ClNO2S/c1-12(20)14-5-3-7-16(9-14)19-17(21)11-22-10-13-4-2-6-15(18)8-13/h2-9H,10-11H2,1H3,(H,19,21). The highest BCUT2D eigenvalue weighted by Gasteiger charge is 2.05. The lowest BCUT2D eigenvalue weighted by molar-refractivity contribution is -0.113. The number of Topliss-reactive ketones (excluding diaryl/α,β-unsaturated/α-hetero) is 1. The number of carbonyl (C=O) groups is 2. The maximum Gasteiger partial charge on any atom is 0.234 e. The van der Waals surface area contributed by atoms with E-state index in [1.165, 1.54) is 18.7 Å².